The van der Waals surface area contributed by atoms with E-state index in [1.165, 1.54) is 11.6 Å². The van der Waals surface area contributed by atoms with Crippen LogP contribution < -0.4 is 4.74 Å². The summed E-state index contributed by atoms with van der Waals surface area (Å²) in [4.78, 5) is 18.9. The highest BCUT2D eigenvalue weighted by Crippen LogP contribution is 2.45. The van der Waals surface area contributed by atoms with E-state index in [9.17, 15) is 9.18 Å². The molecule has 1 amide bonds. The summed E-state index contributed by atoms with van der Waals surface area (Å²) in [5.74, 6) is -0.0173. The van der Waals surface area contributed by atoms with E-state index in [2.05, 4.69) is 11.1 Å². The lowest BCUT2D eigenvalue weighted by Crippen LogP contribution is -2.45. The molecule has 7 heteroatoms. The molecule has 0 radical (unpaired) electrons. The summed E-state index contributed by atoms with van der Waals surface area (Å²) in [6, 6.07) is 11.9. The number of aromatic nitrogens is 1. The molecule has 1 aliphatic carbocycles. The van der Waals surface area contributed by atoms with E-state index in [1.807, 2.05) is 43.9 Å². The summed E-state index contributed by atoms with van der Waals surface area (Å²) in [5, 5.41) is 8.88. The highest BCUT2D eigenvalue weighted by atomic mass is 19.1. The van der Waals surface area contributed by atoms with Gasteiger partial charge in [0.25, 0.3) is 0 Å². The number of hydrogen-bond donors (Lipinski definition) is 0. The van der Waals surface area contributed by atoms with Gasteiger partial charge in [0.15, 0.2) is 0 Å². The van der Waals surface area contributed by atoms with Crippen molar-refractivity contribution in [1.82, 2.24) is 9.88 Å². The van der Waals surface area contributed by atoms with Crippen molar-refractivity contribution in [2.45, 2.75) is 65.1 Å². The fourth-order valence-corrected chi connectivity index (χ4v) is 4.68. The van der Waals surface area contributed by atoms with Crippen LogP contribution in [0.1, 0.15) is 69.7 Å². The Morgan fingerprint density at radius 1 is 1.20 bits per heavy atom. The Balaban J connectivity index is 1.34. The van der Waals surface area contributed by atoms with E-state index in [0.717, 1.165) is 50.9 Å². The summed E-state index contributed by atoms with van der Waals surface area (Å²) in [7, 11) is 0. The van der Waals surface area contributed by atoms with Gasteiger partial charge < -0.3 is 14.4 Å². The van der Waals surface area contributed by atoms with Crippen LogP contribution in [-0.4, -0.2) is 34.7 Å². The lowest BCUT2D eigenvalue weighted by atomic mass is 9.68. The second-order valence-corrected chi connectivity index (χ2v) is 10.5. The van der Waals surface area contributed by atoms with Crippen molar-refractivity contribution in [3.8, 4) is 11.9 Å². The van der Waals surface area contributed by atoms with Gasteiger partial charge in [0, 0.05) is 24.7 Å². The molecule has 2 aromatic rings. The van der Waals surface area contributed by atoms with Crippen molar-refractivity contribution >= 4 is 11.7 Å². The Hall–Kier alpha value is -3.40. The third kappa shape index (κ3) is 6.19. The minimum Gasteiger partial charge on any atom is -0.473 e. The zero-order chi connectivity index (χ0) is 25.1. The molecule has 0 atom stereocenters. The average molecular weight is 478 g/mol. The van der Waals surface area contributed by atoms with E-state index in [-0.39, 0.29) is 23.7 Å². The predicted octanol–water partition coefficient (Wildman–Crippen LogP) is 6.26. The Bertz CT molecular complexity index is 1150. The number of benzene rings is 1. The molecule has 0 N–H and O–H groups in total. The SMILES string of the molecule is CC(C)(C)OC(=O)N1CCC2(CC=C(c3cccc(OCc4ccc(C#N)cc4F)n3)CC2)CC1. The molecule has 4 rings (SSSR count). The van der Waals surface area contributed by atoms with Crippen LogP contribution in [0.15, 0.2) is 42.5 Å². The Kier molecular flexibility index (Phi) is 7.11. The lowest BCUT2D eigenvalue weighted by molar-refractivity contribution is 0.00896. The number of carbonyl (C=O) groups is 1. The Morgan fingerprint density at radius 3 is 2.60 bits per heavy atom. The number of hydrogen-bond acceptors (Lipinski definition) is 5. The molecule has 1 aliphatic heterocycles. The minimum atomic E-state index is -0.476. The van der Waals surface area contributed by atoms with Crippen molar-refractivity contribution in [3.63, 3.8) is 0 Å². The average Bonchev–Trinajstić information content (AvgIpc) is 2.83. The Morgan fingerprint density at radius 2 is 1.97 bits per heavy atom. The van der Waals surface area contributed by atoms with Crippen molar-refractivity contribution in [2.24, 2.45) is 5.41 Å². The van der Waals surface area contributed by atoms with E-state index in [4.69, 9.17) is 14.7 Å². The molecule has 2 aliphatic rings. The molecule has 35 heavy (non-hydrogen) atoms. The van der Waals surface area contributed by atoms with Gasteiger partial charge in [-0.3, -0.25) is 0 Å². The molecule has 184 valence electrons. The maximum atomic E-state index is 14.1. The van der Waals surface area contributed by atoms with Crippen LogP contribution in [0.5, 0.6) is 5.88 Å². The van der Waals surface area contributed by atoms with Gasteiger partial charge in [-0.25, -0.2) is 14.2 Å². The molecule has 1 aromatic carbocycles. The van der Waals surface area contributed by atoms with Gasteiger partial charge in [0.2, 0.25) is 5.88 Å². The van der Waals surface area contributed by atoms with Gasteiger partial charge in [-0.2, -0.15) is 5.26 Å². The Labute approximate surface area is 206 Å². The second-order valence-electron chi connectivity index (χ2n) is 10.5. The van der Waals surface area contributed by atoms with Crippen LogP contribution in [0.4, 0.5) is 9.18 Å². The first-order valence-corrected chi connectivity index (χ1v) is 12.1. The molecule has 1 aromatic heterocycles. The molecular formula is C28H32FN3O3. The number of nitriles is 1. The number of nitrogens with zero attached hydrogens (tertiary/aromatic N) is 3. The van der Waals surface area contributed by atoms with Crippen molar-refractivity contribution in [2.75, 3.05) is 13.1 Å². The molecule has 1 fully saturated rings. The van der Waals surface area contributed by atoms with Gasteiger partial charge in [-0.1, -0.05) is 18.2 Å². The highest BCUT2D eigenvalue weighted by Gasteiger charge is 2.38. The highest BCUT2D eigenvalue weighted by molar-refractivity contribution is 5.68. The van der Waals surface area contributed by atoms with E-state index in [1.54, 1.807) is 18.2 Å². The number of likely N-dealkylation sites (tertiary alicyclic amines) is 1. The van der Waals surface area contributed by atoms with E-state index < -0.39 is 11.4 Å². The standard InChI is InChI=1S/C28H32FN3O3/c1-27(2,3)35-26(33)32-15-13-28(14-16-32)11-9-21(10-12-28)24-5-4-6-25(31-24)34-19-22-8-7-20(18-30)17-23(22)29/h4-9,17H,10-16,19H2,1-3H3. The normalized spacial score (nSPS) is 17.5. The molecule has 0 bridgehead atoms. The second kappa shape index (κ2) is 10.1. The predicted molar refractivity (Wildman–Crippen MR) is 131 cm³/mol. The zero-order valence-corrected chi connectivity index (χ0v) is 20.6. The van der Waals surface area contributed by atoms with Gasteiger partial charge in [0.1, 0.15) is 18.0 Å². The number of piperidine rings is 1. The lowest BCUT2D eigenvalue weighted by Gasteiger charge is -2.43. The molecule has 0 unspecified atom stereocenters. The topological polar surface area (TPSA) is 75.4 Å². The van der Waals surface area contributed by atoms with E-state index >= 15 is 0 Å². The first kappa shape index (κ1) is 24.7. The molecule has 6 nitrogen and oxygen atoms in total. The first-order chi connectivity index (χ1) is 16.7. The van der Waals surface area contributed by atoms with Crippen LogP contribution in [-0.2, 0) is 11.3 Å². The summed E-state index contributed by atoms with van der Waals surface area (Å²) in [6.07, 6.45) is 6.96. The number of rotatable bonds is 4. The van der Waals surface area contributed by atoms with Crippen LogP contribution in [0.3, 0.4) is 0 Å². The van der Waals surface area contributed by atoms with Crippen LogP contribution >= 0.6 is 0 Å². The number of pyridine rings is 1. The summed E-state index contributed by atoms with van der Waals surface area (Å²) in [5.41, 5.74) is 2.49. The number of amides is 1. The summed E-state index contributed by atoms with van der Waals surface area (Å²) >= 11 is 0. The number of halogens is 1. The van der Waals surface area contributed by atoms with Gasteiger partial charge in [-0.15, -0.1) is 0 Å². The summed E-state index contributed by atoms with van der Waals surface area (Å²) in [6.45, 7) is 7.18. The third-order valence-corrected chi connectivity index (χ3v) is 6.79. The first-order valence-electron chi connectivity index (χ1n) is 12.1. The van der Waals surface area contributed by atoms with Crippen LogP contribution in [0.2, 0.25) is 0 Å². The fraction of sp³-hybridized carbons (Fsp3) is 0.464. The number of allylic oxidation sites excluding steroid dienone is 2. The third-order valence-electron chi connectivity index (χ3n) is 6.79. The van der Waals surface area contributed by atoms with Crippen molar-refractivity contribution in [3.05, 3.63) is 65.1 Å². The van der Waals surface area contributed by atoms with E-state index in [0.29, 0.717) is 11.4 Å². The molecular weight excluding hydrogens is 445 g/mol. The smallest absolute Gasteiger partial charge is 0.410 e. The van der Waals surface area contributed by atoms with Crippen LogP contribution in [0, 0.1) is 22.6 Å². The van der Waals surface area contributed by atoms with Crippen molar-refractivity contribution < 1.29 is 18.7 Å². The molecule has 1 spiro atoms. The van der Waals surface area contributed by atoms with Gasteiger partial charge >= 0.3 is 6.09 Å². The summed E-state index contributed by atoms with van der Waals surface area (Å²) < 4.78 is 25.4. The minimum absolute atomic E-state index is 0.0459. The number of carbonyl (C=O) groups excluding carboxylic acids is 1. The quantitative estimate of drug-likeness (QED) is 0.520. The van der Waals surface area contributed by atoms with Crippen molar-refractivity contribution in [1.29, 1.82) is 5.26 Å². The van der Waals surface area contributed by atoms with Gasteiger partial charge in [-0.05, 0) is 82.1 Å². The molecule has 0 saturated carbocycles. The molecule has 2 heterocycles. The van der Waals surface area contributed by atoms with Gasteiger partial charge in [0.05, 0.1) is 17.3 Å². The number of ether oxygens (including phenoxy) is 2. The molecule has 1 saturated heterocycles. The zero-order valence-electron chi connectivity index (χ0n) is 20.6. The monoisotopic (exact) mass is 477 g/mol. The van der Waals surface area contributed by atoms with Crippen LogP contribution in [0.25, 0.3) is 5.57 Å². The maximum absolute atomic E-state index is 14.1. The maximum Gasteiger partial charge on any atom is 0.410 e. The fourth-order valence-electron chi connectivity index (χ4n) is 4.68. The largest absolute Gasteiger partial charge is 0.473 e.